The smallest absolute Gasteiger partial charge is 0.202 e. The van der Waals surface area contributed by atoms with Crippen molar-refractivity contribution in [3.63, 3.8) is 0 Å². The van der Waals surface area contributed by atoms with Crippen LogP contribution >= 0.6 is 15.9 Å². The first-order valence-electron chi connectivity index (χ1n) is 9.16. The first kappa shape index (κ1) is 20.3. The molecule has 0 bridgehead atoms. The number of hydrogen-bond donors (Lipinski definition) is 1. The molecule has 4 rings (SSSR count). The maximum absolute atomic E-state index is 13.0. The van der Waals surface area contributed by atoms with Crippen molar-refractivity contribution in [3.8, 4) is 0 Å². The van der Waals surface area contributed by atoms with Gasteiger partial charge in [0.2, 0.25) is 10.0 Å². The molecule has 0 saturated carbocycles. The number of hydrogen-bond acceptors (Lipinski definition) is 5. The first-order chi connectivity index (χ1) is 14.3. The molecule has 3 aromatic carbocycles. The van der Waals surface area contributed by atoms with Gasteiger partial charge in [-0.25, -0.2) is 13.4 Å². The van der Waals surface area contributed by atoms with E-state index in [1.54, 1.807) is 24.3 Å². The Morgan fingerprint density at radius 1 is 0.867 bits per heavy atom. The Hall–Kier alpha value is -2.97. The molecule has 1 heterocycles. The van der Waals surface area contributed by atoms with E-state index in [0.29, 0.717) is 11.0 Å². The van der Waals surface area contributed by atoms with Gasteiger partial charge in [-0.05, 0) is 72.7 Å². The molecule has 0 amide bonds. The molecule has 6 nitrogen and oxygen atoms in total. The summed E-state index contributed by atoms with van der Waals surface area (Å²) in [6.07, 6.45) is 0. The minimum atomic E-state index is -3.97. The summed E-state index contributed by atoms with van der Waals surface area (Å²) in [5.74, 6) is 0.270. The summed E-state index contributed by atoms with van der Waals surface area (Å²) >= 11 is 3.43. The Balaban J connectivity index is 1.79. The minimum Gasteiger partial charge on any atom is -0.431 e. The zero-order valence-electron chi connectivity index (χ0n) is 16.3. The fraction of sp³-hybridized carbons (Fsp3) is 0.0909. The first-order valence-corrected chi connectivity index (χ1v) is 11.4. The lowest BCUT2D eigenvalue weighted by atomic mass is 10.1. The molecule has 1 aromatic heterocycles. The van der Waals surface area contributed by atoms with Crippen LogP contribution in [-0.4, -0.2) is 18.4 Å². The van der Waals surface area contributed by atoms with Crippen molar-refractivity contribution in [2.75, 3.05) is 5.32 Å². The highest BCUT2D eigenvalue weighted by molar-refractivity contribution is 9.10. The summed E-state index contributed by atoms with van der Waals surface area (Å²) < 4.78 is 30.9. The lowest BCUT2D eigenvalue weighted by molar-refractivity contribution is 0.603. The maximum Gasteiger partial charge on any atom is 0.202 e. The summed E-state index contributed by atoms with van der Waals surface area (Å²) in [4.78, 5) is 9.14. The normalized spacial score (nSPS) is 11.4. The summed E-state index contributed by atoms with van der Waals surface area (Å²) in [5, 5.41) is 3.14. The van der Waals surface area contributed by atoms with Crippen molar-refractivity contribution in [1.29, 1.82) is 0 Å². The Kier molecular flexibility index (Phi) is 5.44. The minimum absolute atomic E-state index is 0.00639. The summed E-state index contributed by atoms with van der Waals surface area (Å²) in [6.45, 7) is 3.79. The van der Waals surface area contributed by atoms with E-state index in [1.807, 2.05) is 56.3 Å². The predicted molar refractivity (Wildman–Crippen MR) is 123 cm³/mol. The summed E-state index contributed by atoms with van der Waals surface area (Å²) in [7, 11) is -3.97. The zero-order chi connectivity index (χ0) is 21.3. The molecule has 0 spiro atoms. The van der Waals surface area contributed by atoms with Gasteiger partial charge in [0, 0.05) is 10.2 Å². The predicted octanol–water partition coefficient (Wildman–Crippen LogP) is 6.15. The van der Waals surface area contributed by atoms with E-state index in [-0.39, 0.29) is 16.5 Å². The third kappa shape index (κ3) is 4.29. The summed E-state index contributed by atoms with van der Waals surface area (Å²) in [6, 6.07) is 19.7. The topological polar surface area (TPSA) is 86.1 Å². The number of rotatable bonds is 5. The van der Waals surface area contributed by atoms with Crippen molar-refractivity contribution in [3.05, 3.63) is 87.1 Å². The molecule has 4 aromatic rings. The largest absolute Gasteiger partial charge is 0.431 e. The standard InChI is InChI=1S/C22H18BrN4O2S/c1-14-10-11-18(12-15(14)2)30(28,29)27-22-21(24-17-7-5-6-16(23)13-17)25-19-8-3-4-9-20(19)26-22/h3-13H,1-2H3,(H-,24,25,26,27)/q-1. The van der Waals surface area contributed by atoms with Gasteiger partial charge in [0.1, 0.15) is 5.82 Å². The van der Waals surface area contributed by atoms with Crippen molar-refractivity contribution in [2.24, 2.45) is 0 Å². The van der Waals surface area contributed by atoms with Crippen LogP contribution in [0, 0.1) is 13.8 Å². The third-order valence-electron chi connectivity index (χ3n) is 4.62. The highest BCUT2D eigenvalue weighted by Gasteiger charge is 2.13. The molecule has 1 N–H and O–H groups in total. The molecule has 0 aliphatic carbocycles. The maximum atomic E-state index is 13.0. The second-order valence-corrected chi connectivity index (χ2v) is 9.35. The lowest BCUT2D eigenvalue weighted by Gasteiger charge is -2.21. The zero-order valence-corrected chi connectivity index (χ0v) is 18.7. The van der Waals surface area contributed by atoms with E-state index in [2.05, 4.69) is 35.9 Å². The second-order valence-electron chi connectivity index (χ2n) is 6.83. The van der Waals surface area contributed by atoms with Crippen molar-refractivity contribution < 1.29 is 8.42 Å². The Bertz CT molecular complexity index is 1360. The molecule has 0 aliphatic heterocycles. The van der Waals surface area contributed by atoms with Crippen LogP contribution < -0.4 is 5.32 Å². The molecule has 0 aliphatic rings. The highest BCUT2D eigenvalue weighted by atomic mass is 79.9. The van der Waals surface area contributed by atoms with E-state index < -0.39 is 10.0 Å². The average Bonchev–Trinajstić information content (AvgIpc) is 2.70. The highest BCUT2D eigenvalue weighted by Crippen LogP contribution is 2.35. The van der Waals surface area contributed by atoms with Gasteiger partial charge in [-0.3, -0.25) is 0 Å². The Morgan fingerprint density at radius 3 is 2.30 bits per heavy atom. The number of halogens is 1. The number of nitrogens with zero attached hydrogens (tertiary/aromatic N) is 3. The Labute approximate surface area is 183 Å². The van der Waals surface area contributed by atoms with Gasteiger partial charge in [0.15, 0.2) is 0 Å². The monoisotopic (exact) mass is 481 g/mol. The van der Waals surface area contributed by atoms with Crippen LogP contribution in [0.5, 0.6) is 0 Å². The fourth-order valence-corrected chi connectivity index (χ4v) is 4.31. The van der Waals surface area contributed by atoms with Gasteiger partial charge >= 0.3 is 0 Å². The van der Waals surface area contributed by atoms with Crippen molar-refractivity contribution in [2.45, 2.75) is 18.7 Å². The summed E-state index contributed by atoms with van der Waals surface area (Å²) in [5.41, 5.74) is 3.82. The number of fused-ring (bicyclic) bond motifs is 1. The molecule has 30 heavy (non-hydrogen) atoms. The SMILES string of the molecule is Cc1ccc(S(=O)(=O)[N-]c2nc3ccccc3nc2Nc2cccc(Br)c2)cc1C. The number of aryl methyl sites for hydroxylation is 2. The van der Waals surface area contributed by atoms with Gasteiger partial charge in [0.25, 0.3) is 0 Å². The van der Waals surface area contributed by atoms with Crippen LogP contribution in [0.15, 0.2) is 76.1 Å². The molecule has 0 unspecified atom stereocenters. The van der Waals surface area contributed by atoms with Crippen molar-refractivity contribution >= 4 is 54.3 Å². The number of benzene rings is 3. The third-order valence-corrected chi connectivity index (χ3v) is 6.38. The number of aromatic nitrogens is 2. The fourth-order valence-electron chi connectivity index (χ4n) is 2.88. The van der Waals surface area contributed by atoms with Crippen molar-refractivity contribution in [1.82, 2.24) is 9.97 Å². The van der Waals surface area contributed by atoms with Gasteiger partial charge in [-0.15, -0.1) is 0 Å². The number of anilines is 2. The molecular weight excluding hydrogens is 464 g/mol. The van der Waals surface area contributed by atoms with E-state index in [0.717, 1.165) is 21.3 Å². The van der Waals surface area contributed by atoms with Crippen LogP contribution in [0.1, 0.15) is 11.1 Å². The van der Waals surface area contributed by atoms with Gasteiger partial charge < -0.3 is 15.0 Å². The molecule has 8 heteroatoms. The van der Waals surface area contributed by atoms with E-state index >= 15 is 0 Å². The molecule has 0 radical (unpaired) electrons. The van der Waals surface area contributed by atoms with Crippen LogP contribution in [0.2, 0.25) is 0 Å². The molecule has 0 saturated heterocycles. The van der Waals surface area contributed by atoms with Crippen LogP contribution in [0.25, 0.3) is 15.8 Å². The van der Waals surface area contributed by atoms with E-state index in [4.69, 9.17) is 0 Å². The van der Waals surface area contributed by atoms with E-state index in [9.17, 15) is 8.42 Å². The van der Waals surface area contributed by atoms with E-state index in [1.165, 1.54) is 0 Å². The number of sulfonamides is 1. The molecule has 0 fully saturated rings. The van der Waals surface area contributed by atoms with Crippen LogP contribution in [0.3, 0.4) is 0 Å². The number of para-hydroxylation sites is 2. The number of nitrogens with one attached hydrogen (secondary N) is 1. The van der Waals surface area contributed by atoms with Gasteiger partial charge in [-0.1, -0.05) is 46.3 Å². The average molecular weight is 482 g/mol. The molecule has 0 atom stereocenters. The molecule has 152 valence electrons. The quantitative estimate of drug-likeness (QED) is 0.369. The lowest BCUT2D eigenvalue weighted by Crippen LogP contribution is -2.03. The van der Waals surface area contributed by atoms with Gasteiger partial charge in [-0.2, -0.15) is 0 Å². The Morgan fingerprint density at radius 2 is 1.60 bits per heavy atom. The van der Waals surface area contributed by atoms with Crippen LogP contribution in [-0.2, 0) is 10.0 Å². The second kappa shape index (κ2) is 8.04. The van der Waals surface area contributed by atoms with Gasteiger partial charge in [0.05, 0.1) is 10.4 Å². The van der Waals surface area contributed by atoms with Crippen LogP contribution in [0.4, 0.5) is 17.3 Å². The molecular formula is C22H18BrN4O2S-.